The van der Waals surface area contributed by atoms with Gasteiger partial charge in [-0.3, -0.25) is 4.79 Å². The van der Waals surface area contributed by atoms with Crippen LogP contribution in [0.5, 0.6) is 0 Å². The van der Waals surface area contributed by atoms with Gasteiger partial charge in [0.25, 0.3) is 5.91 Å². The lowest BCUT2D eigenvalue weighted by atomic mass is 10.0. The van der Waals surface area contributed by atoms with E-state index in [4.69, 9.17) is 5.73 Å². The van der Waals surface area contributed by atoms with E-state index in [9.17, 15) is 9.90 Å². The van der Waals surface area contributed by atoms with Gasteiger partial charge in [-0.2, -0.15) is 0 Å². The number of aliphatic hydroxyl groups is 1. The van der Waals surface area contributed by atoms with E-state index in [1.54, 1.807) is 25.1 Å². The quantitative estimate of drug-likeness (QED) is 0.744. The molecule has 0 radical (unpaired) electrons. The van der Waals surface area contributed by atoms with Gasteiger partial charge in [0.2, 0.25) is 0 Å². The molecule has 0 saturated carbocycles. The molecule has 1 atom stereocenters. The van der Waals surface area contributed by atoms with E-state index >= 15 is 0 Å². The molecule has 2 rings (SSSR count). The van der Waals surface area contributed by atoms with E-state index in [-0.39, 0.29) is 12.5 Å². The van der Waals surface area contributed by atoms with Gasteiger partial charge in [-0.25, -0.2) is 0 Å². The van der Waals surface area contributed by atoms with Crippen LogP contribution in [-0.2, 0) is 0 Å². The summed E-state index contributed by atoms with van der Waals surface area (Å²) in [6.07, 6.45) is 0. The lowest BCUT2D eigenvalue weighted by Crippen LogP contribution is -2.31. The summed E-state index contributed by atoms with van der Waals surface area (Å²) in [5.41, 5.74) is 8.52. The minimum absolute atomic E-state index is 0.156. The zero-order valence-electron chi connectivity index (χ0n) is 11.3. The Balaban J connectivity index is 2.20. The number of carbonyl (C=O) groups is 1. The number of benzene rings is 2. The van der Waals surface area contributed by atoms with Crippen molar-refractivity contribution in [3.8, 4) is 0 Å². The molecule has 20 heavy (non-hydrogen) atoms. The molecule has 1 amide bonds. The molecule has 4 heteroatoms. The summed E-state index contributed by atoms with van der Waals surface area (Å²) in [5, 5.41) is 12.3. The number of anilines is 1. The van der Waals surface area contributed by atoms with E-state index in [1.807, 2.05) is 30.3 Å². The maximum absolute atomic E-state index is 12.3. The molecule has 0 unspecified atom stereocenters. The normalized spacial score (nSPS) is 11.9. The van der Waals surface area contributed by atoms with Gasteiger partial charge in [0.1, 0.15) is 0 Å². The van der Waals surface area contributed by atoms with E-state index in [0.717, 1.165) is 11.1 Å². The summed E-state index contributed by atoms with van der Waals surface area (Å²) >= 11 is 0. The zero-order valence-corrected chi connectivity index (χ0v) is 11.3. The lowest BCUT2D eigenvalue weighted by Gasteiger charge is -2.17. The number of nitrogen functional groups attached to an aromatic ring is 1. The molecule has 2 aromatic rings. The number of hydrogen-bond acceptors (Lipinski definition) is 3. The molecule has 0 fully saturated rings. The van der Waals surface area contributed by atoms with Crippen molar-refractivity contribution < 1.29 is 9.90 Å². The predicted octanol–water partition coefficient (Wildman–Crippen LogP) is 2.04. The second-order valence-corrected chi connectivity index (χ2v) is 4.64. The Morgan fingerprint density at radius 1 is 1.20 bits per heavy atom. The van der Waals surface area contributed by atoms with Gasteiger partial charge >= 0.3 is 0 Å². The van der Waals surface area contributed by atoms with Crippen LogP contribution in [0.2, 0.25) is 0 Å². The van der Waals surface area contributed by atoms with Gasteiger partial charge in [-0.1, -0.05) is 36.4 Å². The second kappa shape index (κ2) is 6.21. The Hall–Kier alpha value is -2.33. The highest BCUT2D eigenvalue weighted by Crippen LogP contribution is 2.17. The van der Waals surface area contributed by atoms with Gasteiger partial charge in [-0.15, -0.1) is 0 Å². The van der Waals surface area contributed by atoms with E-state index in [2.05, 4.69) is 5.32 Å². The highest BCUT2D eigenvalue weighted by Gasteiger charge is 2.16. The topological polar surface area (TPSA) is 75.4 Å². The Morgan fingerprint density at radius 2 is 1.90 bits per heavy atom. The highest BCUT2D eigenvalue weighted by atomic mass is 16.3. The first kappa shape index (κ1) is 14.1. The van der Waals surface area contributed by atoms with Crippen molar-refractivity contribution in [2.24, 2.45) is 0 Å². The number of carbonyl (C=O) groups excluding carboxylic acids is 1. The van der Waals surface area contributed by atoms with Gasteiger partial charge in [0.05, 0.1) is 12.6 Å². The Kier molecular flexibility index (Phi) is 4.38. The Bertz CT molecular complexity index is 597. The van der Waals surface area contributed by atoms with Gasteiger partial charge < -0.3 is 16.2 Å². The van der Waals surface area contributed by atoms with E-state index in [0.29, 0.717) is 11.3 Å². The molecule has 4 nitrogen and oxygen atoms in total. The molecule has 0 saturated heterocycles. The largest absolute Gasteiger partial charge is 0.398 e. The van der Waals surface area contributed by atoms with Crippen LogP contribution < -0.4 is 11.1 Å². The molecule has 0 heterocycles. The van der Waals surface area contributed by atoms with Crippen LogP contribution in [0.3, 0.4) is 0 Å². The standard InChI is InChI=1S/C16H18N2O2/c1-11-13(8-5-9-14(11)17)16(20)18-15(10-19)12-6-3-2-4-7-12/h2-9,15,19H,10,17H2,1H3,(H,18,20)/t15-/m1/s1. The monoisotopic (exact) mass is 270 g/mol. The molecule has 0 aromatic heterocycles. The first-order valence-electron chi connectivity index (χ1n) is 6.45. The molecular formula is C16H18N2O2. The third-order valence-corrected chi connectivity index (χ3v) is 3.31. The molecular weight excluding hydrogens is 252 g/mol. The Morgan fingerprint density at radius 3 is 2.55 bits per heavy atom. The van der Waals surface area contributed by atoms with Gasteiger partial charge in [-0.05, 0) is 30.2 Å². The van der Waals surface area contributed by atoms with Gasteiger partial charge in [0, 0.05) is 11.3 Å². The predicted molar refractivity (Wildman–Crippen MR) is 79.3 cm³/mol. The molecule has 2 aromatic carbocycles. The maximum atomic E-state index is 12.3. The first-order chi connectivity index (χ1) is 9.63. The fourth-order valence-corrected chi connectivity index (χ4v) is 2.06. The smallest absolute Gasteiger partial charge is 0.252 e. The number of aliphatic hydroxyl groups excluding tert-OH is 1. The van der Waals surface area contributed by atoms with E-state index in [1.165, 1.54) is 0 Å². The molecule has 4 N–H and O–H groups in total. The summed E-state index contributed by atoms with van der Waals surface area (Å²) in [4.78, 5) is 12.3. The minimum Gasteiger partial charge on any atom is -0.398 e. The SMILES string of the molecule is Cc1c(N)cccc1C(=O)N[C@H](CO)c1ccccc1. The zero-order chi connectivity index (χ0) is 14.5. The summed E-state index contributed by atoms with van der Waals surface area (Å²) < 4.78 is 0. The van der Waals surface area contributed by atoms with Crippen LogP contribution >= 0.6 is 0 Å². The summed E-state index contributed by atoms with van der Waals surface area (Å²) in [6.45, 7) is 1.65. The van der Waals surface area contributed by atoms with Crippen molar-refractivity contribution in [3.63, 3.8) is 0 Å². The molecule has 0 aliphatic rings. The van der Waals surface area contributed by atoms with Crippen molar-refractivity contribution in [3.05, 3.63) is 65.2 Å². The number of amides is 1. The molecule has 0 aliphatic heterocycles. The third-order valence-electron chi connectivity index (χ3n) is 3.31. The first-order valence-corrected chi connectivity index (χ1v) is 6.45. The number of rotatable bonds is 4. The lowest BCUT2D eigenvalue weighted by molar-refractivity contribution is 0.0915. The van der Waals surface area contributed by atoms with Crippen LogP contribution in [0, 0.1) is 6.92 Å². The van der Waals surface area contributed by atoms with E-state index < -0.39 is 6.04 Å². The molecule has 0 spiro atoms. The summed E-state index contributed by atoms with van der Waals surface area (Å²) in [7, 11) is 0. The van der Waals surface area contributed by atoms with Gasteiger partial charge in [0.15, 0.2) is 0 Å². The number of nitrogens with two attached hydrogens (primary N) is 1. The molecule has 104 valence electrons. The van der Waals surface area contributed by atoms with Crippen molar-refractivity contribution in [2.45, 2.75) is 13.0 Å². The fraction of sp³-hybridized carbons (Fsp3) is 0.188. The molecule has 0 aliphatic carbocycles. The van der Waals surface area contributed by atoms with Crippen molar-refractivity contribution in [1.29, 1.82) is 0 Å². The minimum atomic E-state index is -0.426. The van der Waals surface area contributed by atoms with Crippen molar-refractivity contribution in [1.82, 2.24) is 5.32 Å². The average molecular weight is 270 g/mol. The van der Waals surface area contributed by atoms with Crippen LogP contribution in [-0.4, -0.2) is 17.6 Å². The van der Waals surface area contributed by atoms with Crippen molar-refractivity contribution in [2.75, 3.05) is 12.3 Å². The van der Waals surface area contributed by atoms with Crippen LogP contribution in [0.1, 0.15) is 27.5 Å². The summed E-state index contributed by atoms with van der Waals surface area (Å²) in [5.74, 6) is -0.238. The van der Waals surface area contributed by atoms with Crippen molar-refractivity contribution >= 4 is 11.6 Å². The average Bonchev–Trinajstić information content (AvgIpc) is 2.48. The van der Waals surface area contributed by atoms with Crippen LogP contribution in [0.25, 0.3) is 0 Å². The van der Waals surface area contributed by atoms with Crippen LogP contribution in [0.15, 0.2) is 48.5 Å². The Labute approximate surface area is 118 Å². The van der Waals surface area contributed by atoms with Crippen LogP contribution in [0.4, 0.5) is 5.69 Å². The molecule has 0 bridgehead atoms. The number of hydrogen-bond donors (Lipinski definition) is 3. The maximum Gasteiger partial charge on any atom is 0.252 e. The number of nitrogens with one attached hydrogen (secondary N) is 1. The second-order valence-electron chi connectivity index (χ2n) is 4.64. The summed E-state index contributed by atoms with van der Waals surface area (Å²) in [6, 6.07) is 14.2. The fourth-order valence-electron chi connectivity index (χ4n) is 2.06. The highest BCUT2D eigenvalue weighted by molar-refractivity contribution is 5.97. The third kappa shape index (κ3) is 2.97.